The molecule has 2 aromatic heterocycles. The fourth-order valence-electron chi connectivity index (χ4n) is 7.57. The molecule has 2 saturated carbocycles. The van der Waals surface area contributed by atoms with Crippen LogP contribution in [0.2, 0.25) is 0 Å². The van der Waals surface area contributed by atoms with Crippen LogP contribution in [0.15, 0.2) is 12.7 Å². The number of thioether (sulfide) groups is 1. The standard InChI is InChI=1S/C32H50N7O19P3S/c1-31(2,25(44)28(45)35-9-7-20(42)34-10-11-62-30(46)21-16-4-5-19(41)32(16,3)8-6-17(21)40)13-55-61(52,53)58-60(50,51)54-12-18-24(57-59(47,48)49)23(43)29(56-18)39-15-38-22-26(33)36-14-37-27(22)39/h14-18,21,23-25,29,40,43-44H,4-13H2,1-3H3,(H,34,42)(H,35,45)(H,50,51)(H,52,53)(H2,33,36,37)(H2,47,48,49)/p-4/t16-,17+,18+,21-,23+,24+,25-,29+,32-/m0/s1. The Hall–Kier alpha value is -2.81. The van der Waals surface area contributed by atoms with Gasteiger partial charge in [-0.15, -0.1) is 0 Å². The minimum atomic E-state index is -5.94. The second-order valence-corrected chi connectivity index (χ2v) is 20.9. The number of carbonyl (C=O) groups is 4. The van der Waals surface area contributed by atoms with E-state index in [9.17, 15) is 67.8 Å². The third-order valence-corrected chi connectivity index (χ3v) is 14.9. The summed E-state index contributed by atoms with van der Waals surface area (Å²) in [6.07, 6.45) is -6.81. The van der Waals surface area contributed by atoms with E-state index in [1.807, 2.05) is 6.92 Å². The second-order valence-electron chi connectivity index (χ2n) is 15.8. The SMILES string of the molecule is CC(C)(COP(=O)([O-])OP(=O)([O-])OC[C@H]1O[C@@H](n2cnc3c(N)ncnc32)[C@H](O)[C@@H]1OP(=O)([O-])[O-])[C@@H](O)C(=O)NCCC(=O)NCCSC(=O)[C@@H]1[C@H](O)CC[C@]2(C)C(=O)CC[C@@H]12. The fourth-order valence-corrected chi connectivity index (χ4v) is 11.2. The van der Waals surface area contributed by atoms with Gasteiger partial charge < -0.3 is 74.1 Å². The minimum Gasteiger partial charge on any atom is -0.790 e. The molecule has 2 amide bonds. The maximum Gasteiger partial charge on any atom is 0.274 e. The van der Waals surface area contributed by atoms with Crippen molar-refractivity contribution < 1.29 is 90.4 Å². The number of nitrogens with two attached hydrogens (primary N) is 1. The molecule has 1 aliphatic heterocycles. The van der Waals surface area contributed by atoms with E-state index < -0.39 is 102 Å². The highest BCUT2D eigenvalue weighted by Gasteiger charge is 2.55. The molecule has 3 aliphatic rings. The normalized spacial score (nSPS) is 29.1. The summed E-state index contributed by atoms with van der Waals surface area (Å²) in [5.41, 5.74) is 3.40. The zero-order valence-electron chi connectivity index (χ0n) is 33.3. The number of Topliss-reactive ketones (excluding diaryl/α,β-unsaturated/α-hetero) is 1. The zero-order valence-corrected chi connectivity index (χ0v) is 36.8. The number of phosphoric ester groups is 3. The van der Waals surface area contributed by atoms with Gasteiger partial charge >= 0.3 is 0 Å². The Balaban J connectivity index is 1.04. The Bertz CT molecular complexity index is 2140. The van der Waals surface area contributed by atoms with Gasteiger partial charge in [-0.25, -0.2) is 19.3 Å². The molecule has 2 unspecified atom stereocenters. The van der Waals surface area contributed by atoms with Crippen LogP contribution in [-0.2, 0) is 55.5 Å². The van der Waals surface area contributed by atoms with E-state index in [4.69, 9.17) is 10.5 Å². The van der Waals surface area contributed by atoms with Crippen LogP contribution < -0.4 is 35.9 Å². The number of nitrogens with zero attached hydrogens (tertiary/aromatic N) is 4. The number of aliphatic hydroxyl groups is 3. The van der Waals surface area contributed by atoms with Gasteiger partial charge in [0.05, 0.1) is 39.4 Å². The number of hydrogen-bond acceptors (Lipinski definition) is 24. The number of amides is 2. The van der Waals surface area contributed by atoms with Gasteiger partial charge in [0, 0.05) is 42.5 Å². The molecular weight excluding hydrogens is 911 g/mol. The van der Waals surface area contributed by atoms with Crippen LogP contribution in [0.4, 0.5) is 5.82 Å². The van der Waals surface area contributed by atoms with E-state index >= 15 is 0 Å². The smallest absolute Gasteiger partial charge is 0.274 e. The number of ketones is 1. The Kier molecular flexibility index (Phi) is 16.0. The number of carbonyl (C=O) groups excluding carboxylic acids is 4. The highest BCUT2D eigenvalue weighted by molar-refractivity contribution is 8.13. The molecular formula is C32H46N7O19P3S-4. The van der Waals surface area contributed by atoms with E-state index in [1.165, 1.54) is 13.8 Å². The lowest BCUT2D eigenvalue weighted by Gasteiger charge is -2.42. The lowest BCUT2D eigenvalue weighted by molar-refractivity contribution is -0.347. The first kappa shape index (κ1) is 50.2. The van der Waals surface area contributed by atoms with E-state index in [0.717, 1.165) is 29.0 Å². The largest absolute Gasteiger partial charge is 0.790 e. The monoisotopic (exact) mass is 957 g/mol. The van der Waals surface area contributed by atoms with Gasteiger partial charge in [-0.2, -0.15) is 0 Å². The number of imidazole rings is 1. The first-order valence-electron chi connectivity index (χ1n) is 19.0. The molecule has 7 N–H and O–H groups in total. The van der Waals surface area contributed by atoms with Crippen LogP contribution in [-0.4, -0.2) is 120 Å². The highest BCUT2D eigenvalue weighted by atomic mass is 32.2. The van der Waals surface area contributed by atoms with Gasteiger partial charge in [-0.1, -0.05) is 32.5 Å². The van der Waals surface area contributed by atoms with Gasteiger partial charge in [-0.3, -0.25) is 32.9 Å². The Morgan fingerprint density at radius 2 is 1.77 bits per heavy atom. The maximum atomic E-state index is 13.0. The topological polar surface area (TPSA) is 412 Å². The van der Waals surface area contributed by atoms with Crippen molar-refractivity contribution in [3.63, 3.8) is 0 Å². The lowest BCUT2D eigenvalue weighted by Crippen LogP contribution is -2.47. The number of phosphoric acid groups is 3. The summed E-state index contributed by atoms with van der Waals surface area (Å²) in [6.45, 7) is 1.70. The van der Waals surface area contributed by atoms with Crippen LogP contribution >= 0.6 is 35.2 Å². The number of aliphatic hydroxyl groups excluding tert-OH is 3. The molecule has 26 nitrogen and oxygen atoms in total. The van der Waals surface area contributed by atoms with Crippen molar-refractivity contribution in [2.24, 2.45) is 22.7 Å². The number of nitrogens with one attached hydrogen (secondary N) is 2. The van der Waals surface area contributed by atoms with Crippen molar-refractivity contribution in [3.05, 3.63) is 12.7 Å². The predicted octanol–water partition coefficient (Wildman–Crippen LogP) is -3.11. The minimum absolute atomic E-state index is 0.0301. The molecule has 2 aliphatic carbocycles. The molecule has 5 rings (SSSR count). The summed E-state index contributed by atoms with van der Waals surface area (Å²) >= 11 is 0.946. The molecule has 1 saturated heterocycles. The Morgan fingerprint density at radius 1 is 1.08 bits per heavy atom. The lowest BCUT2D eigenvalue weighted by atomic mass is 9.63. The molecule has 3 heterocycles. The molecule has 0 bridgehead atoms. The second kappa shape index (κ2) is 19.7. The van der Waals surface area contributed by atoms with Crippen LogP contribution in [0.25, 0.3) is 11.2 Å². The molecule has 0 spiro atoms. The summed E-state index contributed by atoms with van der Waals surface area (Å²) in [4.78, 5) is 110. The summed E-state index contributed by atoms with van der Waals surface area (Å²) in [6, 6.07) is 0. The molecule has 3 fully saturated rings. The van der Waals surface area contributed by atoms with Crippen LogP contribution in [0.1, 0.15) is 59.1 Å². The molecule has 11 atom stereocenters. The third kappa shape index (κ3) is 12.1. The number of fused-ring (bicyclic) bond motifs is 2. The highest BCUT2D eigenvalue weighted by Crippen LogP contribution is 2.57. The Labute approximate surface area is 357 Å². The van der Waals surface area contributed by atoms with Crippen molar-refractivity contribution >= 4 is 74.9 Å². The number of aromatic nitrogens is 4. The van der Waals surface area contributed by atoms with Gasteiger partial charge in [0.25, 0.3) is 15.6 Å². The van der Waals surface area contributed by atoms with E-state index in [2.05, 4.69) is 43.5 Å². The fraction of sp³-hybridized carbons (Fsp3) is 0.719. The van der Waals surface area contributed by atoms with Gasteiger partial charge in [-0.05, 0) is 25.2 Å². The third-order valence-electron chi connectivity index (χ3n) is 10.9. The van der Waals surface area contributed by atoms with Crippen molar-refractivity contribution in [2.75, 3.05) is 37.8 Å². The molecule has 30 heteroatoms. The average Bonchev–Trinajstić information content (AvgIpc) is 3.83. The van der Waals surface area contributed by atoms with Crippen molar-refractivity contribution in [1.82, 2.24) is 30.2 Å². The van der Waals surface area contributed by atoms with Crippen molar-refractivity contribution in [3.8, 4) is 0 Å². The number of nitrogen functional groups attached to an aromatic ring is 1. The molecule has 0 radical (unpaired) electrons. The van der Waals surface area contributed by atoms with E-state index in [1.54, 1.807) is 0 Å². The van der Waals surface area contributed by atoms with Gasteiger partial charge in [0.2, 0.25) is 11.8 Å². The molecule has 62 heavy (non-hydrogen) atoms. The first-order chi connectivity index (χ1) is 28.8. The predicted molar refractivity (Wildman–Crippen MR) is 203 cm³/mol. The van der Waals surface area contributed by atoms with Crippen LogP contribution in [0.5, 0.6) is 0 Å². The van der Waals surface area contributed by atoms with Gasteiger partial charge in [0.15, 0.2) is 22.8 Å². The zero-order chi connectivity index (χ0) is 46.0. The van der Waals surface area contributed by atoms with E-state index in [-0.39, 0.29) is 59.1 Å². The maximum absolute atomic E-state index is 13.0. The summed E-state index contributed by atoms with van der Waals surface area (Å²) in [5, 5.41) is 36.6. The van der Waals surface area contributed by atoms with Crippen LogP contribution in [0, 0.1) is 22.7 Å². The average molecular weight is 958 g/mol. The number of ether oxygens (including phenoxy) is 1. The van der Waals surface area contributed by atoms with Crippen LogP contribution in [0.3, 0.4) is 0 Å². The number of anilines is 1. The van der Waals surface area contributed by atoms with Crippen molar-refractivity contribution in [2.45, 2.75) is 89.6 Å². The first-order valence-corrected chi connectivity index (χ1v) is 24.3. The summed E-state index contributed by atoms with van der Waals surface area (Å²) in [5.74, 6) is -2.28. The summed E-state index contributed by atoms with van der Waals surface area (Å²) < 4.78 is 60.7. The van der Waals surface area contributed by atoms with Crippen molar-refractivity contribution in [1.29, 1.82) is 0 Å². The number of hydrogen-bond donors (Lipinski definition) is 6. The molecule has 348 valence electrons. The Morgan fingerprint density at radius 3 is 2.47 bits per heavy atom. The quantitative estimate of drug-likeness (QED) is 0.0565. The number of rotatable bonds is 20. The molecule has 0 aromatic carbocycles. The summed E-state index contributed by atoms with van der Waals surface area (Å²) in [7, 11) is -17.7. The van der Waals surface area contributed by atoms with E-state index in [0.29, 0.717) is 25.7 Å². The molecule has 2 aromatic rings. The van der Waals surface area contributed by atoms with Gasteiger partial charge in [0.1, 0.15) is 42.0 Å².